The van der Waals surface area contributed by atoms with Crippen LogP contribution in [0, 0.1) is 0 Å². The first-order chi connectivity index (χ1) is 16.7. The van der Waals surface area contributed by atoms with Crippen LogP contribution in [0.5, 0.6) is 0 Å². The van der Waals surface area contributed by atoms with E-state index >= 15 is 0 Å². The van der Waals surface area contributed by atoms with Gasteiger partial charge in [0, 0.05) is 12.5 Å². The first kappa shape index (κ1) is 21.3. The molecule has 0 aliphatic carbocycles. The zero-order chi connectivity index (χ0) is 23.3. The number of hydrogen-bond acceptors (Lipinski definition) is 5. The summed E-state index contributed by atoms with van der Waals surface area (Å²) in [5.74, 6) is 0.126. The highest BCUT2D eigenvalue weighted by molar-refractivity contribution is 5.90. The zero-order valence-corrected chi connectivity index (χ0v) is 18.2. The number of carbonyl (C=O) groups is 1. The summed E-state index contributed by atoms with van der Waals surface area (Å²) in [5, 5.41) is 17.1. The number of aromatic amines is 1. The van der Waals surface area contributed by atoms with E-state index in [1.165, 1.54) is 12.2 Å². The summed E-state index contributed by atoms with van der Waals surface area (Å²) in [6.45, 7) is 0. The van der Waals surface area contributed by atoms with E-state index in [0.29, 0.717) is 12.1 Å². The van der Waals surface area contributed by atoms with E-state index in [0.717, 1.165) is 33.5 Å². The van der Waals surface area contributed by atoms with Gasteiger partial charge in [0.1, 0.15) is 17.6 Å². The van der Waals surface area contributed by atoms with Gasteiger partial charge in [-0.15, -0.1) is 5.10 Å². The topological polar surface area (TPSA) is 109 Å². The summed E-state index contributed by atoms with van der Waals surface area (Å²) < 4.78 is 1.74. The van der Waals surface area contributed by atoms with E-state index < -0.39 is 5.91 Å². The fraction of sp³-hybridized carbons (Fsp3) is 0.0769. The molecule has 5 rings (SSSR count). The van der Waals surface area contributed by atoms with Crippen molar-refractivity contribution in [2.24, 2.45) is 0 Å². The summed E-state index contributed by atoms with van der Waals surface area (Å²) >= 11 is 0. The van der Waals surface area contributed by atoms with Gasteiger partial charge >= 0.3 is 0 Å². The third-order valence-corrected chi connectivity index (χ3v) is 5.55. The lowest BCUT2D eigenvalue weighted by Crippen LogP contribution is -2.16. The van der Waals surface area contributed by atoms with Crippen LogP contribution >= 0.6 is 0 Å². The van der Waals surface area contributed by atoms with Crippen LogP contribution in [0.15, 0.2) is 91.1 Å². The molecule has 168 valence electrons. The molecule has 1 unspecified atom stereocenters. The van der Waals surface area contributed by atoms with Crippen molar-refractivity contribution in [2.75, 3.05) is 0 Å². The number of H-pyrrole nitrogens is 1. The van der Waals surface area contributed by atoms with Crippen molar-refractivity contribution in [3.05, 3.63) is 108 Å². The number of nitrogens with zero attached hydrogens (tertiary/aromatic N) is 4. The average molecular weight is 451 g/mol. The molecule has 8 nitrogen and oxygen atoms in total. The molecule has 0 aliphatic rings. The molecule has 0 spiro atoms. The lowest BCUT2D eigenvalue weighted by molar-refractivity contribution is -0.124. The van der Waals surface area contributed by atoms with Crippen LogP contribution in [0.4, 0.5) is 0 Å². The molecule has 0 radical (unpaired) electrons. The molecule has 2 aromatic heterocycles. The van der Waals surface area contributed by atoms with Crippen LogP contribution in [0.1, 0.15) is 23.1 Å². The molecule has 0 aliphatic heterocycles. The summed E-state index contributed by atoms with van der Waals surface area (Å²) in [5.41, 5.74) is 7.28. The fourth-order valence-electron chi connectivity index (χ4n) is 3.90. The number of benzene rings is 3. The van der Waals surface area contributed by atoms with E-state index in [1.807, 2.05) is 42.5 Å². The van der Waals surface area contributed by atoms with E-state index in [9.17, 15) is 4.79 Å². The molecule has 0 fully saturated rings. The third kappa shape index (κ3) is 4.62. The summed E-state index contributed by atoms with van der Waals surface area (Å²) in [6.07, 6.45) is 5.05. The second-order valence-electron chi connectivity index (χ2n) is 7.86. The van der Waals surface area contributed by atoms with Crippen molar-refractivity contribution >= 4 is 23.0 Å². The highest BCUT2D eigenvalue weighted by atomic mass is 16.5. The Morgan fingerprint density at radius 1 is 1.03 bits per heavy atom. The van der Waals surface area contributed by atoms with E-state index in [-0.39, 0.29) is 6.04 Å². The number of hydroxylamine groups is 1. The highest BCUT2D eigenvalue weighted by Crippen LogP contribution is 2.26. The third-order valence-electron chi connectivity index (χ3n) is 5.55. The number of rotatable bonds is 7. The van der Waals surface area contributed by atoms with Gasteiger partial charge in [-0.3, -0.25) is 10.0 Å². The quantitative estimate of drug-likeness (QED) is 0.196. The van der Waals surface area contributed by atoms with Crippen LogP contribution in [0.2, 0.25) is 0 Å². The van der Waals surface area contributed by atoms with Crippen LogP contribution in [0.25, 0.3) is 28.2 Å². The van der Waals surface area contributed by atoms with E-state index in [4.69, 9.17) is 10.2 Å². The maximum atomic E-state index is 11.3. The molecule has 8 heteroatoms. The maximum Gasteiger partial charge on any atom is 0.267 e. The van der Waals surface area contributed by atoms with E-state index in [2.05, 4.69) is 51.7 Å². The molecule has 3 aromatic carbocycles. The van der Waals surface area contributed by atoms with Crippen molar-refractivity contribution < 1.29 is 10.0 Å². The second-order valence-corrected chi connectivity index (χ2v) is 7.86. The molecule has 1 amide bonds. The van der Waals surface area contributed by atoms with Gasteiger partial charge in [0.05, 0.1) is 17.2 Å². The first-order valence-corrected chi connectivity index (χ1v) is 10.8. The zero-order valence-electron chi connectivity index (χ0n) is 18.2. The molecular formula is C26H22N6O2. The molecule has 0 bridgehead atoms. The Hall–Kier alpha value is -4.56. The molecule has 0 saturated heterocycles. The van der Waals surface area contributed by atoms with Crippen LogP contribution in [0.3, 0.4) is 0 Å². The largest absolute Gasteiger partial charge is 0.340 e. The number of para-hydroxylation sites is 2. The molecule has 2 heterocycles. The van der Waals surface area contributed by atoms with Crippen molar-refractivity contribution in [2.45, 2.75) is 12.5 Å². The number of amides is 1. The van der Waals surface area contributed by atoms with Gasteiger partial charge in [-0.05, 0) is 34.9 Å². The van der Waals surface area contributed by atoms with Gasteiger partial charge in [-0.1, -0.05) is 71.9 Å². The number of fused-ring (bicyclic) bond motifs is 1. The Morgan fingerprint density at radius 3 is 2.65 bits per heavy atom. The van der Waals surface area contributed by atoms with E-state index in [1.54, 1.807) is 16.4 Å². The number of hydrogen-bond donors (Lipinski definition) is 3. The molecule has 5 aromatic rings. The summed E-state index contributed by atoms with van der Waals surface area (Å²) in [7, 11) is 0. The molecule has 34 heavy (non-hydrogen) atoms. The number of carbonyl (C=O) groups excluding carboxylic acids is 1. The average Bonchev–Trinajstić information content (AvgIpc) is 3.54. The standard InChI is InChI=1S/C26H22N6O2/c33-25(30-34)14-13-21-17-32(31-29-21)24(26-27-22-11-4-5-12-23(22)28-26)16-18-7-6-10-20(15-18)19-8-2-1-3-9-19/h1-15,17,24,34H,16H2,(H,27,28)(H,30,33). The minimum Gasteiger partial charge on any atom is -0.340 e. The molecule has 3 N–H and O–H groups in total. The van der Waals surface area contributed by atoms with Crippen molar-refractivity contribution in [3.63, 3.8) is 0 Å². The Bertz CT molecular complexity index is 1420. The van der Waals surface area contributed by atoms with Gasteiger partial charge in [0.15, 0.2) is 0 Å². The predicted octanol–water partition coefficient (Wildman–Crippen LogP) is 4.17. The molecule has 0 saturated carbocycles. The maximum absolute atomic E-state index is 11.3. The van der Waals surface area contributed by atoms with Crippen molar-refractivity contribution in [1.29, 1.82) is 0 Å². The summed E-state index contributed by atoms with van der Waals surface area (Å²) in [4.78, 5) is 19.5. The molecular weight excluding hydrogens is 428 g/mol. The highest BCUT2D eigenvalue weighted by Gasteiger charge is 2.20. The van der Waals surface area contributed by atoms with Crippen molar-refractivity contribution in [3.8, 4) is 11.1 Å². The first-order valence-electron chi connectivity index (χ1n) is 10.8. The lowest BCUT2D eigenvalue weighted by atomic mass is 9.99. The predicted molar refractivity (Wildman–Crippen MR) is 129 cm³/mol. The number of imidazole rings is 1. The minimum atomic E-state index is -0.638. The summed E-state index contributed by atoms with van der Waals surface area (Å²) in [6, 6.07) is 26.3. The van der Waals surface area contributed by atoms with Gasteiger partial charge in [0.2, 0.25) is 0 Å². The minimum absolute atomic E-state index is 0.250. The molecule has 1 atom stereocenters. The van der Waals surface area contributed by atoms with Gasteiger partial charge in [0.25, 0.3) is 5.91 Å². The number of nitrogens with one attached hydrogen (secondary N) is 2. The van der Waals surface area contributed by atoms with Crippen LogP contribution in [-0.2, 0) is 11.2 Å². The normalized spacial score (nSPS) is 12.3. The lowest BCUT2D eigenvalue weighted by Gasteiger charge is -2.15. The van der Waals surface area contributed by atoms with Gasteiger partial charge < -0.3 is 4.98 Å². The van der Waals surface area contributed by atoms with Crippen LogP contribution in [-0.4, -0.2) is 36.1 Å². The smallest absolute Gasteiger partial charge is 0.267 e. The number of aromatic nitrogens is 5. The SMILES string of the molecule is O=C(C=Cc1cn(C(Cc2cccc(-c3ccccc3)c2)c2nc3ccccc3[nH]2)nn1)NO. The Labute approximate surface area is 195 Å². The van der Waals surface area contributed by atoms with Gasteiger partial charge in [-0.2, -0.15) is 0 Å². The fourth-order valence-corrected chi connectivity index (χ4v) is 3.90. The van der Waals surface area contributed by atoms with Crippen LogP contribution < -0.4 is 5.48 Å². The Balaban J connectivity index is 1.51. The Kier molecular flexibility index (Phi) is 5.96. The second kappa shape index (κ2) is 9.51. The van der Waals surface area contributed by atoms with Crippen molar-refractivity contribution in [1.82, 2.24) is 30.4 Å². The Morgan fingerprint density at radius 2 is 1.82 bits per heavy atom. The van der Waals surface area contributed by atoms with Gasteiger partial charge in [-0.25, -0.2) is 15.1 Å². The monoisotopic (exact) mass is 450 g/mol.